The second-order valence-corrected chi connectivity index (χ2v) is 10.9. The van der Waals surface area contributed by atoms with Gasteiger partial charge in [-0.05, 0) is 26.3 Å². The standard InChI is InChI=1S/C31H52N2O10/c1-31(2,3)43-29(34)9-15-36-17-19-38-21-23-40-25-26-41-24-22-39-20-18-37-16-14-32-10-12-33(13-11-32)30(35)42-27-28-7-5-4-6-8-28/h4-8H,9-27H2,1-3H3. The van der Waals surface area contributed by atoms with Crippen molar-refractivity contribution in [3.63, 3.8) is 0 Å². The van der Waals surface area contributed by atoms with Gasteiger partial charge >= 0.3 is 12.1 Å². The van der Waals surface area contributed by atoms with Crippen molar-refractivity contribution < 1.29 is 47.5 Å². The smallest absolute Gasteiger partial charge is 0.410 e. The largest absolute Gasteiger partial charge is 0.460 e. The zero-order valence-electron chi connectivity index (χ0n) is 26.3. The molecule has 1 heterocycles. The van der Waals surface area contributed by atoms with Gasteiger partial charge in [-0.2, -0.15) is 0 Å². The molecular formula is C31H52N2O10. The van der Waals surface area contributed by atoms with E-state index < -0.39 is 5.60 Å². The second-order valence-electron chi connectivity index (χ2n) is 10.9. The molecule has 1 fully saturated rings. The zero-order valence-corrected chi connectivity index (χ0v) is 26.3. The highest BCUT2D eigenvalue weighted by molar-refractivity contribution is 5.69. The number of piperazine rings is 1. The van der Waals surface area contributed by atoms with Crippen LogP contribution in [0, 0.1) is 0 Å². The van der Waals surface area contributed by atoms with Gasteiger partial charge in [0.2, 0.25) is 0 Å². The minimum atomic E-state index is -0.473. The highest BCUT2D eigenvalue weighted by Gasteiger charge is 2.22. The molecule has 12 heteroatoms. The fraction of sp³-hybridized carbons (Fsp3) is 0.742. The third-order valence-electron chi connectivity index (χ3n) is 6.12. The maximum atomic E-state index is 12.3. The molecule has 0 atom stereocenters. The first-order valence-corrected chi connectivity index (χ1v) is 15.2. The van der Waals surface area contributed by atoms with Crippen molar-refractivity contribution in [1.29, 1.82) is 0 Å². The van der Waals surface area contributed by atoms with Crippen LogP contribution in [0.4, 0.5) is 4.79 Å². The molecule has 1 amide bonds. The van der Waals surface area contributed by atoms with Gasteiger partial charge in [0.1, 0.15) is 12.2 Å². The minimum Gasteiger partial charge on any atom is -0.460 e. The summed E-state index contributed by atoms with van der Waals surface area (Å²) in [7, 11) is 0. The number of ether oxygens (including phenoxy) is 8. The summed E-state index contributed by atoms with van der Waals surface area (Å²) in [6.45, 7) is 15.4. The molecule has 0 radical (unpaired) electrons. The number of carbonyl (C=O) groups excluding carboxylic acids is 2. The molecule has 246 valence electrons. The number of esters is 1. The van der Waals surface area contributed by atoms with Gasteiger partial charge in [-0.15, -0.1) is 0 Å². The van der Waals surface area contributed by atoms with Gasteiger partial charge in [-0.3, -0.25) is 9.69 Å². The zero-order chi connectivity index (χ0) is 31.0. The van der Waals surface area contributed by atoms with Crippen LogP contribution in [0.15, 0.2) is 30.3 Å². The number of amides is 1. The summed E-state index contributed by atoms with van der Waals surface area (Å²) in [5.41, 5.74) is 0.514. The molecule has 1 aromatic rings. The Morgan fingerprint density at radius 1 is 0.651 bits per heavy atom. The molecule has 0 unspecified atom stereocenters. The van der Waals surface area contributed by atoms with Crippen molar-refractivity contribution >= 4 is 12.1 Å². The van der Waals surface area contributed by atoms with Crippen molar-refractivity contribution in [3.8, 4) is 0 Å². The molecule has 1 aromatic carbocycles. The predicted molar refractivity (Wildman–Crippen MR) is 160 cm³/mol. The summed E-state index contributed by atoms with van der Waals surface area (Å²) in [5, 5.41) is 0. The Kier molecular flexibility index (Phi) is 19.8. The molecule has 1 aliphatic rings. The number of nitrogens with zero attached hydrogens (tertiary/aromatic N) is 2. The lowest BCUT2D eigenvalue weighted by Gasteiger charge is -2.33. The molecule has 0 aromatic heterocycles. The van der Waals surface area contributed by atoms with Crippen molar-refractivity contribution in [2.75, 3.05) is 112 Å². The predicted octanol–water partition coefficient (Wildman–Crippen LogP) is 2.77. The SMILES string of the molecule is CC(C)(C)OC(=O)CCOCCOCCOCCOCCOCCOCCN1CCN(C(=O)OCc2ccccc2)CC1. The Bertz CT molecular complexity index is 845. The highest BCUT2D eigenvalue weighted by atomic mass is 16.6. The molecule has 0 saturated carbocycles. The van der Waals surface area contributed by atoms with E-state index >= 15 is 0 Å². The van der Waals surface area contributed by atoms with Crippen molar-refractivity contribution in [2.45, 2.75) is 39.4 Å². The quantitative estimate of drug-likeness (QED) is 0.134. The number of rotatable bonds is 23. The first-order chi connectivity index (χ1) is 20.8. The molecule has 43 heavy (non-hydrogen) atoms. The van der Waals surface area contributed by atoms with E-state index in [2.05, 4.69) is 4.90 Å². The molecular weight excluding hydrogens is 560 g/mol. The Labute approximate surface area is 256 Å². The van der Waals surface area contributed by atoms with E-state index in [4.69, 9.17) is 37.9 Å². The maximum absolute atomic E-state index is 12.3. The monoisotopic (exact) mass is 612 g/mol. The number of carbonyl (C=O) groups is 2. The number of hydrogen-bond donors (Lipinski definition) is 0. The molecule has 12 nitrogen and oxygen atoms in total. The first kappa shape index (κ1) is 36.9. The highest BCUT2D eigenvalue weighted by Crippen LogP contribution is 2.08. The van der Waals surface area contributed by atoms with Gasteiger partial charge in [0.15, 0.2) is 0 Å². The Morgan fingerprint density at radius 2 is 1.12 bits per heavy atom. The van der Waals surface area contributed by atoms with Gasteiger partial charge in [-0.25, -0.2) is 4.79 Å². The first-order valence-electron chi connectivity index (χ1n) is 15.2. The summed E-state index contributed by atoms with van der Waals surface area (Å²) >= 11 is 0. The van der Waals surface area contributed by atoms with Crippen LogP contribution in [0.25, 0.3) is 0 Å². The molecule has 0 aliphatic carbocycles. The summed E-state index contributed by atoms with van der Waals surface area (Å²) in [5.74, 6) is -0.264. The van der Waals surface area contributed by atoms with Gasteiger partial charge in [0, 0.05) is 32.7 Å². The molecule has 0 bridgehead atoms. The lowest BCUT2D eigenvalue weighted by atomic mass is 10.2. The molecule has 1 aliphatic heterocycles. The third-order valence-corrected chi connectivity index (χ3v) is 6.12. The summed E-state index contributed by atoms with van der Waals surface area (Å²) in [6, 6.07) is 9.70. The van der Waals surface area contributed by atoms with E-state index in [9.17, 15) is 9.59 Å². The van der Waals surface area contributed by atoms with Crippen LogP contribution in [0.1, 0.15) is 32.8 Å². The van der Waals surface area contributed by atoms with Crippen LogP contribution >= 0.6 is 0 Å². The summed E-state index contributed by atoms with van der Waals surface area (Å²) < 4.78 is 43.6. The number of hydrogen-bond acceptors (Lipinski definition) is 11. The topological polar surface area (TPSA) is 114 Å². The lowest BCUT2D eigenvalue weighted by Crippen LogP contribution is -2.49. The fourth-order valence-electron chi connectivity index (χ4n) is 3.91. The van der Waals surface area contributed by atoms with Crippen LogP contribution in [-0.2, 0) is 49.3 Å². The Morgan fingerprint density at radius 3 is 1.60 bits per heavy atom. The van der Waals surface area contributed by atoms with E-state index in [0.717, 1.165) is 25.2 Å². The van der Waals surface area contributed by atoms with Gasteiger partial charge in [-0.1, -0.05) is 30.3 Å². The lowest BCUT2D eigenvalue weighted by molar-refractivity contribution is -0.156. The number of benzene rings is 1. The van der Waals surface area contributed by atoms with Crippen molar-refractivity contribution in [1.82, 2.24) is 9.80 Å². The van der Waals surface area contributed by atoms with Crippen LogP contribution in [-0.4, -0.2) is 139 Å². The average Bonchev–Trinajstić information content (AvgIpc) is 2.99. The second kappa shape index (κ2) is 23.1. The van der Waals surface area contributed by atoms with E-state index in [-0.39, 0.29) is 18.5 Å². The van der Waals surface area contributed by atoms with Crippen LogP contribution in [0.2, 0.25) is 0 Å². The van der Waals surface area contributed by atoms with E-state index in [1.54, 1.807) is 4.90 Å². The van der Waals surface area contributed by atoms with Crippen LogP contribution < -0.4 is 0 Å². The van der Waals surface area contributed by atoms with Gasteiger partial charge in [0.05, 0.1) is 85.7 Å². The Hall–Kier alpha value is -2.32. The Balaban J connectivity index is 1.26. The molecule has 1 saturated heterocycles. The minimum absolute atomic E-state index is 0.233. The van der Waals surface area contributed by atoms with Crippen LogP contribution in [0.3, 0.4) is 0 Å². The van der Waals surface area contributed by atoms with Crippen molar-refractivity contribution in [3.05, 3.63) is 35.9 Å². The third kappa shape index (κ3) is 20.3. The molecule has 2 rings (SSSR count). The molecule has 0 spiro atoms. The van der Waals surface area contributed by atoms with Crippen LogP contribution in [0.5, 0.6) is 0 Å². The van der Waals surface area contributed by atoms with E-state index in [0.29, 0.717) is 99.0 Å². The summed E-state index contributed by atoms with van der Waals surface area (Å²) in [6.07, 6.45) is -0.0249. The maximum Gasteiger partial charge on any atom is 0.410 e. The van der Waals surface area contributed by atoms with Gasteiger partial charge < -0.3 is 42.8 Å². The van der Waals surface area contributed by atoms with E-state index in [1.165, 1.54) is 0 Å². The molecule has 0 N–H and O–H groups in total. The van der Waals surface area contributed by atoms with Gasteiger partial charge in [0.25, 0.3) is 0 Å². The summed E-state index contributed by atoms with van der Waals surface area (Å²) in [4.78, 5) is 27.9. The van der Waals surface area contributed by atoms with Crippen molar-refractivity contribution in [2.24, 2.45) is 0 Å². The van der Waals surface area contributed by atoms with E-state index in [1.807, 2.05) is 51.1 Å². The normalized spacial score (nSPS) is 14.2. The average molecular weight is 613 g/mol. The fourth-order valence-corrected chi connectivity index (χ4v) is 3.91.